The van der Waals surface area contributed by atoms with E-state index in [1.807, 2.05) is 4.90 Å². The van der Waals surface area contributed by atoms with Crippen molar-refractivity contribution in [2.75, 3.05) is 32.8 Å². The van der Waals surface area contributed by atoms with Crippen LogP contribution in [0, 0.1) is 0 Å². The molecule has 0 N–H and O–H groups in total. The molecule has 7 heteroatoms. The first kappa shape index (κ1) is 19.3. The van der Waals surface area contributed by atoms with Gasteiger partial charge in [0, 0.05) is 37.8 Å². The third kappa shape index (κ3) is 4.10. The van der Waals surface area contributed by atoms with E-state index in [0.29, 0.717) is 38.3 Å². The van der Waals surface area contributed by atoms with Gasteiger partial charge in [0.15, 0.2) is 0 Å². The van der Waals surface area contributed by atoms with Crippen molar-refractivity contribution < 1.29 is 17.9 Å². The number of hydrogen-bond donors (Lipinski definition) is 0. The summed E-state index contributed by atoms with van der Waals surface area (Å²) in [5, 5.41) is 0. The molecule has 0 radical (unpaired) electrons. The Kier molecular flexibility index (Phi) is 6.32. The molecule has 144 valence electrons. The number of piperidine rings is 1. The Morgan fingerprint density at radius 1 is 1.15 bits per heavy atom. The van der Waals surface area contributed by atoms with Crippen molar-refractivity contribution in [1.82, 2.24) is 9.21 Å². The third-order valence-corrected chi connectivity index (χ3v) is 7.15. The summed E-state index contributed by atoms with van der Waals surface area (Å²) < 4.78 is 32.7. The minimum absolute atomic E-state index is 0.0622. The number of amides is 1. The van der Waals surface area contributed by atoms with Gasteiger partial charge in [-0.3, -0.25) is 4.79 Å². The predicted octanol–water partition coefficient (Wildman–Crippen LogP) is 2.50. The Bertz CT molecular complexity index is 727. The highest BCUT2D eigenvalue weighted by Crippen LogP contribution is 2.24. The molecule has 2 aliphatic heterocycles. The highest BCUT2D eigenvalue weighted by molar-refractivity contribution is 7.89. The van der Waals surface area contributed by atoms with Crippen LogP contribution in [0.4, 0.5) is 0 Å². The summed E-state index contributed by atoms with van der Waals surface area (Å²) in [6, 6.07) is 6.74. The summed E-state index contributed by atoms with van der Waals surface area (Å²) >= 11 is 0. The normalized spacial score (nSPS) is 22.8. The lowest BCUT2D eigenvalue weighted by Crippen LogP contribution is -2.43. The molecule has 2 fully saturated rings. The molecule has 0 aromatic heterocycles. The maximum absolute atomic E-state index is 13.0. The van der Waals surface area contributed by atoms with Crippen LogP contribution in [0.5, 0.6) is 0 Å². The Morgan fingerprint density at radius 3 is 2.81 bits per heavy atom. The molecular formula is C19H28N2O4S. The van der Waals surface area contributed by atoms with Crippen LogP contribution >= 0.6 is 0 Å². The van der Waals surface area contributed by atoms with Gasteiger partial charge in [0.1, 0.15) is 0 Å². The second kappa shape index (κ2) is 8.50. The van der Waals surface area contributed by atoms with E-state index in [1.54, 1.807) is 18.2 Å². The van der Waals surface area contributed by atoms with E-state index in [9.17, 15) is 13.2 Å². The molecule has 26 heavy (non-hydrogen) atoms. The fourth-order valence-electron chi connectivity index (χ4n) is 3.76. The summed E-state index contributed by atoms with van der Waals surface area (Å²) in [6.45, 7) is 4.63. The Balaban J connectivity index is 1.84. The fraction of sp³-hybridized carbons (Fsp3) is 0.632. The second-order valence-corrected chi connectivity index (χ2v) is 8.89. The zero-order valence-electron chi connectivity index (χ0n) is 15.4. The van der Waals surface area contributed by atoms with E-state index >= 15 is 0 Å². The number of benzene rings is 1. The Morgan fingerprint density at radius 2 is 2.00 bits per heavy atom. The molecule has 6 nitrogen and oxygen atoms in total. The second-order valence-electron chi connectivity index (χ2n) is 6.95. The summed E-state index contributed by atoms with van der Waals surface area (Å²) in [6.07, 6.45) is 4.79. The SMILES string of the molecule is CC[C@@H]1CCCCN1C(=O)c1cccc(S(=O)(=O)N2CCCOCC2)c1. The van der Waals surface area contributed by atoms with E-state index in [1.165, 1.54) is 10.4 Å². The van der Waals surface area contributed by atoms with E-state index in [4.69, 9.17) is 4.74 Å². The minimum Gasteiger partial charge on any atom is -0.380 e. The van der Waals surface area contributed by atoms with Gasteiger partial charge in [0.25, 0.3) is 5.91 Å². The molecule has 1 aromatic carbocycles. The quantitative estimate of drug-likeness (QED) is 0.805. The molecule has 1 amide bonds. The van der Waals surface area contributed by atoms with Gasteiger partial charge in [0.2, 0.25) is 10.0 Å². The van der Waals surface area contributed by atoms with Crippen LogP contribution in [0.1, 0.15) is 49.4 Å². The number of carbonyl (C=O) groups excluding carboxylic acids is 1. The maximum atomic E-state index is 13.0. The first-order chi connectivity index (χ1) is 12.5. The van der Waals surface area contributed by atoms with Gasteiger partial charge in [-0.1, -0.05) is 13.0 Å². The topological polar surface area (TPSA) is 66.9 Å². The van der Waals surface area contributed by atoms with Crippen molar-refractivity contribution in [3.8, 4) is 0 Å². The lowest BCUT2D eigenvalue weighted by molar-refractivity contribution is 0.0608. The minimum atomic E-state index is -3.61. The van der Waals surface area contributed by atoms with Gasteiger partial charge in [-0.2, -0.15) is 4.31 Å². The number of nitrogens with zero attached hydrogens (tertiary/aromatic N) is 2. The van der Waals surface area contributed by atoms with Crippen molar-refractivity contribution in [3.05, 3.63) is 29.8 Å². The highest BCUT2D eigenvalue weighted by atomic mass is 32.2. The summed E-state index contributed by atoms with van der Waals surface area (Å²) in [5.41, 5.74) is 0.456. The van der Waals surface area contributed by atoms with Gasteiger partial charge in [-0.25, -0.2) is 8.42 Å². The molecule has 3 rings (SSSR count). The lowest BCUT2D eigenvalue weighted by atomic mass is 9.99. The fourth-order valence-corrected chi connectivity index (χ4v) is 5.27. The average Bonchev–Trinajstić information content (AvgIpc) is 2.97. The van der Waals surface area contributed by atoms with Gasteiger partial charge in [-0.05, 0) is 50.3 Å². The standard InChI is InChI=1S/C19H28N2O4S/c1-2-17-8-3-4-11-21(17)19(22)16-7-5-9-18(15-16)26(23,24)20-10-6-13-25-14-12-20/h5,7,9,15,17H,2-4,6,8,10-14H2,1H3/t17-/m1/s1. The van der Waals surface area contributed by atoms with Crippen LogP contribution in [-0.2, 0) is 14.8 Å². The number of hydrogen-bond acceptors (Lipinski definition) is 4. The highest BCUT2D eigenvalue weighted by Gasteiger charge is 2.29. The largest absolute Gasteiger partial charge is 0.380 e. The number of rotatable bonds is 4. The van der Waals surface area contributed by atoms with Gasteiger partial charge >= 0.3 is 0 Å². The molecule has 0 aliphatic carbocycles. The molecular weight excluding hydrogens is 352 g/mol. The molecule has 1 aromatic rings. The van der Waals surface area contributed by atoms with Crippen molar-refractivity contribution in [2.24, 2.45) is 0 Å². The summed E-state index contributed by atoms with van der Waals surface area (Å²) in [7, 11) is -3.61. The first-order valence-corrected chi connectivity index (χ1v) is 11.0. The lowest BCUT2D eigenvalue weighted by Gasteiger charge is -2.35. The van der Waals surface area contributed by atoms with Crippen LogP contribution in [0.3, 0.4) is 0 Å². The third-order valence-electron chi connectivity index (χ3n) is 5.26. The number of ether oxygens (including phenoxy) is 1. The maximum Gasteiger partial charge on any atom is 0.254 e. The number of sulfonamides is 1. The molecule has 0 unspecified atom stereocenters. The van der Waals surface area contributed by atoms with Crippen LogP contribution in [0.15, 0.2) is 29.2 Å². The van der Waals surface area contributed by atoms with Gasteiger partial charge < -0.3 is 9.64 Å². The molecule has 2 heterocycles. The van der Waals surface area contributed by atoms with Gasteiger partial charge in [-0.15, -0.1) is 0 Å². The molecule has 1 atom stereocenters. The van der Waals surface area contributed by atoms with Crippen molar-refractivity contribution >= 4 is 15.9 Å². The van der Waals surface area contributed by atoms with E-state index in [-0.39, 0.29) is 16.8 Å². The average molecular weight is 381 g/mol. The summed E-state index contributed by atoms with van der Waals surface area (Å²) in [5.74, 6) is -0.0622. The van der Waals surface area contributed by atoms with E-state index < -0.39 is 10.0 Å². The molecule has 2 aliphatic rings. The Labute approximate surface area is 156 Å². The van der Waals surface area contributed by atoms with E-state index in [0.717, 1.165) is 32.2 Å². The van der Waals surface area contributed by atoms with Crippen LogP contribution in [0.2, 0.25) is 0 Å². The zero-order chi connectivity index (χ0) is 18.6. The monoisotopic (exact) mass is 380 g/mol. The molecule has 0 spiro atoms. The van der Waals surface area contributed by atoms with Crippen LogP contribution in [-0.4, -0.2) is 62.4 Å². The van der Waals surface area contributed by atoms with Crippen molar-refractivity contribution in [1.29, 1.82) is 0 Å². The summed E-state index contributed by atoms with van der Waals surface area (Å²) in [4.78, 5) is 15.1. The zero-order valence-corrected chi connectivity index (χ0v) is 16.2. The molecule has 0 saturated carbocycles. The molecule has 0 bridgehead atoms. The van der Waals surface area contributed by atoms with Crippen LogP contribution in [0.25, 0.3) is 0 Å². The van der Waals surface area contributed by atoms with Crippen molar-refractivity contribution in [2.45, 2.75) is 50.0 Å². The van der Waals surface area contributed by atoms with Gasteiger partial charge in [0.05, 0.1) is 11.5 Å². The predicted molar refractivity (Wildman–Crippen MR) is 99.6 cm³/mol. The first-order valence-electron chi connectivity index (χ1n) is 9.53. The van der Waals surface area contributed by atoms with Crippen LogP contribution < -0.4 is 0 Å². The Hall–Kier alpha value is -1.44. The number of likely N-dealkylation sites (tertiary alicyclic amines) is 1. The number of carbonyl (C=O) groups is 1. The van der Waals surface area contributed by atoms with E-state index in [2.05, 4.69) is 6.92 Å². The smallest absolute Gasteiger partial charge is 0.254 e. The molecule has 2 saturated heterocycles. The van der Waals surface area contributed by atoms with Crippen molar-refractivity contribution in [3.63, 3.8) is 0 Å².